The molecule has 0 fully saturated rings. The Kier molecular flexibility index (Phi) is 10.3. The van der Waals surface area contributed by atoms with E-state index in [1.807, 2.05) is 0 Å². The molecule has 8 nitrogen and oxygen atoms in total. The first-order chi connectivity index (χ1) is 15.1. The van der Waals surface area contributed by atoms with Crippen LogP contribution in [0, 0.1) is 0 Å². The molecule has 0 unspecified atom stereocenters. The molecule has 0 aromatic heterocycles. The van der Waals surface area contributed by atoms with Crippen LogP contribution in [0.2, 0.25) is 0 Å². The standard InChI is InChI=1S/C23H26N2O6/c26-20(24-30-22(28)18-12-6-4-7-13-18)16-10-2-1-3-11-17-21(27)25-31-23(29)19-14-8-5-9-15-19/h4-9,12-15H,1-3,10-11,16-17H2,(H,24,26)(H,25,27). The molecule has 0 aliphatic heterocycles. The maximum Gasteiger partial charge on any atom is 0.362 e. The fraction of sp³-hybridized carbons (Fsp3) is 0.304. The van der Waals surface area contributed by atoms with E-state index >= 15 is 0 Å². The summed E-state index contributed by atoms with van der Waals surface area (Å²) in [5, 5.41) is 0. The minimum absolute atomic E-state index is 0.248. The second-order valence-electron chi connectivity index (χ2n) is 6.83. The Morgan fingerprint density at radius 2 is 0.903 bits per heavy atom. The van der Waals surface area contributed by atoms with Crippen LogP contribution in [0.25, 0.3) is 0 Å². The quantitative estimate of drug-likeness (QED) is 0.444. The molecular formula is C23H26N2O6. The third-order valence-corrected chi connectivity index (χ3v) is 4.34. The predicted octanol–water partition coefficient (Wildman–Crippen LogP) is 3.49. The van der Waals surface area contributed by atoms with Gasteiger partial charge in [0.25, 0.3) is 11.8 Å². The van der Waals surface area contributed by atoms with Crippen molar-refractivity contribution in [2.45, 2.75) is 44.9 Å². The van der Waals surface area contributed by atoms with Crippen molar-refractivity contribution in [3.8, 4) is 0 Å². The molecule has 2 amide bonds. The minimum Gasteiger partial charge on any atom is -0.335 e. The van der Waals surface area contributed by atoms with E-state index in [1.165, 1.54) is 0 Å². The van der Waals surface area contributed by atoms with E-state index in [2.05, 4.69) is 11.0 Å². The van der Waals surface area contributed by atoms with Gasteiger partial charge in [-0.25, -0.2) is 9.59 Å². The van der Waals surface area contributed by atoms with Crippen molar-refractivity contribution >= 4 is 23.8 Å². The highest BCUT2D eigenvalue weighted by Crippen LogP contribution is 2.08. The summed E-state index contributed by atoms with van der Waals surface area (Å²) in [6, 6.07) is 16.8. The van der Waals surface area contributed by atoms with Gasteiger partial charge in [0.05, 0.1) is 11.1 Å². The zero-order valence-electron chi connectivity index (χ0n) is 17.2. The lowest BCUT2D eigenvalue weighted by Gasteiger charge is -2.06. The van der Waals surface area contributed by atoms with Gasteiger partial charge < -0.3 is 9.68 Å². The lowest BCUT2D eigenvalue weighted by Crippen LogP contribution is -2.26. The van der Waals surface area contributed by atoms with Crippen LogP contribution >= 0.6 is 0 Å². The van der Waals surface area contributed by atoms with Crippen LogP contribution in [-0.2, 0) is 19.3 Å². The third-order valence-electron chi connectivity index (χ3n) is 4.34. The molecule has 0 saturated heterocycles. The molecule has 0 bridgehead atoms. The molecule has 2 rings (SSSR count). The van der Waals surface area contributed by atoms with Crippen LogP contribution < -0.4 is 11.0 Å². The molecule has 31 heavy (non-hydrogen) atoms. The number of amides is 2. The van der Waals surface area contributed by atoms with Crippen molar-refractivity contribution in [1.82, 2.24) is 11.0 Å². The van der Waals surface area contributed by atoms with Crippen LogP contribution in [-0.4, -0.2) is 23.8 Å². The summed E-state index contributed by atoms with van der Waals surface area (Å²) in [7, 11) is 0. The van der Waals surface area contributed by atoms with E-state index in [1.54, 1.807) is 60.7 Å². The zero-order chi connectivity index (χ0) is 22.3. The lowest BCUT2D eigenvalue weighted by molar-refractivity contribution is -0.130. The number of unbranched alkanes of at least 4 members (excludes halogenated alkanes) is 4. The molecular weight excluding hydrogens is 400 g/mol. The van der Waals surface area contributed by atoms with Crippen molar-refractivity contribution in [3.05, 3.63) is 71.8 Å². The zero-order valence-corrected chi connectivity index (χ0v) is 17.2. The number of hydrogen-bond acceptors (Lipinski definition) is 6. The van der Waals surface area contributed by atoms with Crippen molar-refractivity contribution in [3.63, 3.8) is 0 Å². The maximum atomic E-state index is 11.7. The van der Waals surface area contributed by atoms with E-state index in [-0.39, 0.29) is 24.7 Å². The number of hydrogen-bond donors (Lipinski definition) is 2. The summed E-state index contributed by atoms with van der Waals surface area (Å²) in [5.41, 5.74) is 5.03. The summed E-state index contributed by atoms with van der Waals surface area (Å²) in [5.74, 6) is -1.93. The fourth-order valence-electron chi connectivity index (χ4n) is 2.68. The van der Waals surface area contributed by atoms with E-state index < -0.39 is 11.9 Å². The predicted molar refractivity (Wildman–Crippen MR) is 112 cm³/mol. The van der Waals surface area contributed by atoms with E-state index in [0.29, 0.717) is 24.0 Å². The van der Waals surface area contributed by atoms with Gasteiger partial charge in [-0.15, -0.1) is 0 Å². The van der Waals surface area contributed by atoms with Gasteiger partial charge in [-0.05, 0) is 37.1 Å². The number of hydroxylamine groups is 2. The van der Waals surface area contributed by atoms with Gasteiger partial charge in [-0.1, -0.05) is 55.7 Å². The third kappa shape index (κ3) is 9.58. The molecule has 2 aromatic carbocycles. The fourth-order valence-corrected chi connectivity index (χ4v) is 2.68. The maximum absolute atomic E-state index is 11.7. The average Bonchev–Trinajstić information content (AvgIpc) is 2.81. The Hall–Kier alpha value is -3.68. The number of benzene rings is 2. The lowest BCUT2D eigenvalue weighted by atomic mass is 10.1. The highest BCUT2D eigenvalue weighted by atomic mass is 16.7. The Balaban J connectivity index is 1.45. The van der Waals surface area contributed by atoms with E-state index in [0.717, 1.165) is 19.3 Å². The highest BCUT2D eigenvalue weighted by molar-refractivity contribution is 5.90. The molecule has 2 N–H and O–H groups in total. The van der Waals surface area contributed by atoms with Crippen molar-refractivity contribution in [1.29, 1.82) is 0 Å². The van der Waals surface area contributed by atoms with Gasteiger partial charge in [0.2, 0.25) is 0 Å². The molecule has 0 spiro atoms. The molecule has 0 aliphatic carbocycles. The SMILES string of the molecule is O=C(CCCCCCCC(=O)NOC(=O)c1ccccc1)NOC(=O)c1ccccc1. The Bertz CT molecular complexity index is 783. The first-order valence-corrected chi connectivity index (χ1v) is 10.2. The van der Waals surface area contributed by atoms with Crippen LogP contribution in [0.4, 0.5) is 0 Å². The minimum atomic E-state index is -0.610. The molecule has 164 valence electrons. The molecule has 0 heterocycles. The van der Waals surface area contributed by atoms with Gasteiger partial charge in [-0.3, -0.25) is 9.59 Å². The summed E-state index contributed by atoms with van der Waals surface area (Å²) >= 11 is 0. The first kappa shape index (κ1) is 23.6. The molecule has 0 atom stereocenters. The summed E-state index contributed by atoms with van der Waals surface area (Å²) in [4.78, 5) is 56.4. The molecule has 0 saturated carbocycles. The Morgan fingerprint density at radius 1 is 0.548 bits per heavy atom. The van der Waals surface area contributed by atoms with E-state index in [9.17, 15) is 19.2 Å². The monoisotopic (exact) mass is 426 g/mol. The normalized spacial score (nSPS) is 10.1. The smallest absolute Gasteiger partial charge is 0.335 e. The topological polar surface area (TPSA) is 111 Å². The highest BCUT2D eigenvalue weighted by Gasteiger charge is 2.10. The van der Waals surface area contributed by atoms with Gasteiger partial charge in [0, 0.05) is 12.8 Å². The van der Waals surface area contributed by atoms with Crippen LogP contribution in [0.3, 0.4) is 0 Å². The Labute approximate surface area is 180 Å². The molecule has 2 aromatic rings. The largest absolute Gasteiger partial charge is 0.362 e. The number of nitrogens with one attached hydrogen (secondary N) is 2. The second-order valence-corrected chi connectivity index (χ2v) is 6.83. The van der Waals surface area contributed by atoms with Gasteiger partial charge >= 0.3 is 11.9 Å². The van der Waals surface area contributed by atoms with Crippen molar-refractivity contribution in [2.24, 2.45) is 0 Å². The molecule has 8 heteroatoms. The van der Waals surface area contributed by atoms with E-state index in [4.69, 9.17) is 9.68 Å². The summed E-state index contributed by atoms with van der Waals surface area (Å²) in [6.07, 6.45) is 4.27. The van der Waals surface area contributed by atoms with Crippen LogP contribution in [0.1, 0.15) is 65.7 Å². The molecule has 0 radical (unpaired) electrons. The Morgan fingerprint density at radius 3 is 1.29 bits per heavy atom. The van der Waals surface area contributed by atoms with Crippen LogP contribution in [0.15, 0.2) is 60.7 Å². The van der Waals surface area contributed by atoms with Crippen LogP contribution in [0.5, 0.6) is 0 Å². The number of rotatable bonds is 10. The van der Waals surface area contributed by atoms with Gasteiger partial charge in [0.1, 0.15) is 0 Å². The van der Waals surface area contributed by atoms with Crippen molar-refractivity contribution < 1.29 is 28.9 Å². The van der Waals surface area contributed by atoms with Gasteiger partial charge in [-0.2, -0.15) is 11.0 Å². The van der Waals surface area contributed by atoms with Gasteiger partial charge in [0.15, 0.2) is 0 Å². The average molecular weight is 426 g/mol. The summed E-state index contributed by atoms with van der Waals surface area (Å²) < 4.78 is 0. The number of carbonyl (C=O) groups is 4. The first-order valence-electron chi connectivity index (χ1n) is 10.2. The second kappa shape index (κ2) is 13.5. The van der Waals surface area contributed by atoms with Crippen molar-refractivity contribution in [2.75, 3.05) is 0 Å². The number of carbonyl (C=O) groups excluding carboxylic acids is 4. The molecule has 0 aliphatic rings. The summed E-state index contributed by atoms with van der Waals surface area (Å²) in [6.45, 7) is 0.